The number of hydrogen-bond donors (Lipinski definition) is 0. The van der Waals surface area contributed by atoms with Gasteiger partial charge in [-0.1, -0.05) is 22.9 Å². The number of halogens is 1. The second-order valence-electron chi connectivity index (χ2n) is 5.57. The molecule has 0 unspecified atom stereocenters. The maximum atomic E-state index is 12.7. The Hall–Kier alpha value is -2.21. The molecule has 154 valence electrons. The Balaban J connectivity index is 2.20. The molecule has 0 fully saturated rings. The first kappa shape index (κ1) is 21.5. The van der Waals surface area contributed by atoms with Gasteiger partial charge in [-0.3, -0.25) is 4.79 Å². The van der Waals surface area contributed by atoms with Gasteiger partial charge in [0.05, 0.1) is 33.8 Å². The van der Waals surface area contributed by atoms with Crippen LogP contribution in [0, 0.1) is 0 Å². The van der Waals surface area contributed by atoms with E-state index in [4.69, 9.17) is 21.1 Å². The lowest BCUT2D eigenvalue weighted by atomic mass is 10.2. The lowest BCUT2D eigenvalue weighted by Gasteiger charge is -2.05. The first-order valence-electron chi connectivity index (χ1n) is 8.19. The van der Waals surface area contributed by atoms with Crippen LogP contribution in [0.5, 0.6) is 0 Å². The molecule has 0 saturated carbocycles. The van der Waals surface area contributed by atoms with Crippen molar-refractivity contribution in [1.82, 2.24) is 4.57 Å². The number of fused-ring (bicyclic) bond motifs is 1. The van der Waals surface area contributed by atoms with Crippen molar-refractivity contribution >= 4 is 66.5 Å². The first-order valence-corrected chi connectivity index (χ1v) is 11.6. The minimum atomic E-state index is -4.04. The van der Waals surface area contributed by atoms with Crippen LogP contribution < -0.4 is 4.80 Å². The molecule has 12 heteroatoms. The molecule has 2 heterocycles. The van der Waals surface area contributed by atoms with Gasteiger partial charge in [0.25, 0.3) is 10.0 Å². The molecule has 2 aromatic heterocycles. The maximum Gasteiger partial charge on any atom is 0.337 e. The molecular formula is C17H15ClN2O6S3. The molecule has 0 spiro atoms. The van der Waals surface area contributed by atoms with Crippen molar-refractivity contribution < 1.29 is 27.5 Å². The van der Waals surface area contributed by atoms with E-state index in [2.05, 4.69) is 4.40 Å². The third-order valence-electron chi connectivity index (χ3n) is 3.70. The summed E-state index contributed by atoms with van der Waals surface area (Å²) in [6.45, 7) is 1.63. The number of carbonyl (C=O) groups excluding carboxylic acids is 2. The van der Waals surface area contributed by atoms with E-state index in [9.17, 15) is 18.0 Å². The van der Waals surface area contributed by atoms with E-state index >= 15 is 0 Å². The highest BCUT2D eigenvalue weighted by Crippen LogP contribution is 2.27. The van der Waals surface area contributed by atoms with E-state index in [1.807, 2.05) is 0 Å². The molecule has 0 amide bonds. The SMILES string of the molecule is CCOC(=O)Cn1/c(=N/S(=O)(=O)c2ccc(Cl)s2)sc2cc(C(=O)OC)ccc21. The van der Waals surface area contributed by atoms with Crippen LogP contribution in [-0.4, -0.2) is 38.6 Å². The van der Waals surface area contributed by atoms with Gasteiger partial charge in [0.2, 0.25) is 4.80 Å². The Bertz CT molecular complexity index is 1260. The third kappa shape index (κ3) is 4.69. The smallest absolute Gasteiger partial charge is 0.337 e. The molecular weight excluding hydrogens is 460 g/mol. The summed E-state index contributed by atoms with van der Waals surface area (Å²) >= 11 is 7.75. The molecule has 3 rings (SSSR count). The number of nitrogens with zero attached hydrogens (tertiary/aromatic N) is 2. The van der Waals surface area contributed by atoms with Gasteiger partial charge in [0.1, 0.15) is 10.8 Å². The molecule has 8 nitrogen and oxygen atoms in total. The second-order valence-corrected chi connectivity index (χ2v) is 10.1. The number of esters is 2. The Kier molecular flexibility index (Phi) is 6.42. The van der Waals surface area contributed by atoms with Crippen molar-refractivity contribution in [3.63, 3.8) is 0 Å². The summed E-state index contributed by atoms with van der Waals surface area (Å²) in [7, 11) is -2.77. The van der Waals surface area contributed by atoms with Crippen molar-refractivity contribution in [1.29, 1.82) is 0 Å². The second kappa shape index (κ2) is 8.66. The zero-order valence-corrected chi connectivity index (χ0v) is 18.5. The molecule has 0 radical (unpaired) electrons. The van der Waals surface area contributed by atoms with Gasteiger partial charge in [0.15, 0.2) is 0 Å². The molecule has 0 saturated heterocycles. The van der Waals surface area contributed by atoms with Crippen LogP contribution in [0.15, 0.2) is 38.9 Å². The number of benzene rings is 1. The molecule has 0 aliphatic carbocycles. The molecule has 0 aliphatic rings. The lowest BCUT2D eigenvalue weighted by Crippen LogP contribution is -2.23. The van der Waals surface area contributed by atoms with E-state index in [1.54, 1.807) is 19.1 Å². The summed E-state index contributed by atoms with van der Waals surface area (Å²) in [5.74, 6) is -1.07. The molecule has 0 bridgehead atoms. The van der Waals surface area contributed by atoms with Gasteiger partial charge < -0.3 is 14.0 Å². The number of sulfonamides is 1. The van der Waals surface area contributed by atoms with E-state index in [0.29, 0.717) is 20.1 Å². The summed E-state index contributed by atoms with van der Waals surface area (Å²) in [4.78, 5) is 23.9. The largest absolute Gasteiger partial charge is 0.465 e. The van der Waals surface area contributed by atoms with E-state index in [-0.39, 0.29) is 22.2 Å². The molecule has 29 heavy (non-hydrogen) atoms. The summed E-state index contributed by atoms with van der Waals surface area (Å²) in [6, 6.07) is 7.52. The highest BCUT2D eigenvalue weighted by Gasteiger charge is 2.19. The first-order chi connectivity index (χ1) is 13.7. The van der Waals surface area contributed by atoms with E-state index in [1.165, 1.54) is 29.9 Å². The summed E-state index contributed by atoms with van der Waals surface area (Å²) < 4.78 is 41.2. The van der Waals surface area contributed by atoms with Crippen LogP contribution >= 0.6 is 34.3 Å². The van der Waals surface area contributed by atoms with Crippen molar-refractivity contribution in [3.8, 4) is 0 Å². The summed E-state index contributed by atoms with van der Waals surface area (Å²) in [6.07, 6.45) is 0. The van der Waals surface area contributed by atoms with Crippen LogP contribution in [0.3, 0.4) is 0 Å². The number of rotatable bonds is 6. The fourth-order valence-corrected chi connectivity index (χ4v) is 6.19. The van der Waals surface area contributed by atoms with Gasteiger partial charge in [0, 0.05) is 0 Å². The van der Waals surface area contributed by atoms with E-state index in [0.717, 1.165) is 22.7 Å². The van der Waals surface area contributed by atoms with Gasteiger partial charge in [-0.25, -0.2) is 4.79 Å². The van der Waals surface area contributed by atoms with Crippen LogP contribution in [-0.2, 0) is 30.8 Å². The Morgan fingerprint density at radius 3 is 2.59 bits per heavy atom. The highest BCUT2D eigenvalue weighted by atomic mass is 35.5. The Morgan fingerprint density at radius 2 is 1.97 bits per heavy atom. The zero-order valence-electron chi connectivity index (χ0n) is 15.2. The van der Waals surface area contributed by atoms with Crippen LogP contribution in [0.4, 0.5) is 0 Å². The fourth-order valence-electron chi connectivity index (χ4n) is 2.46. The van der Waals surface area contributed by atoms with E-state index < -0.39 is 22.0 Å². The van der Waals surface area contributed by atoms with Crippen LogP contribution in [0.2, 0.25) is 4.34 Å². The van der Waals surface area contributed by atoms with Gasteiger partial charge in [-0.05, 0) is 37.3 Å². The highest BCUT2D eigenvalue weighted by molar-refractivity contribution is 7.92. The fraction of sp³-hybridized carbons (Fsp3) is 0.235. The molecule has 1 aromatic carbocycles. The van der Waals surface area contributed by atoms with Crippen molar-refractivity contribution in [2.75, 3.05) is 13.7 Å². The number of ether oxygens (including phenoxy) is 2. The standard InChI is InChI=1S/C17H15ClN2O6S3/c1-3-26-14(21)9-20-11-5-4-10(16(22)25-2)8-12(11)27-17(20)19-29(23,24)15-7-6-13(18)28-15/h4-8H,3,9H2,1-2H3/b19-17-. The van der Waals surface area contributed by atoms with Crippen LogP contribution in [0.1, 0.15) is 17.3 Å². The van der Waals surface area contributed by atoms with Crippen molar-refractivity contribution in [2.45, 2.75) is 17.7 Å². The minimum Gasteiger partial charge on any atom is -0.465 e. The number of methoxy groups -OCH3 is 1. The Morgan fingerprint density at radius 1 is 1.21 bits per heavy atom. The molecule has 0 atom stereocenters. The van der Waals surface area contributed by atoms with Crippen molar-refractivity contribution in [2.24, 2.45) is 4.40 Å². The van der Waals surface area contributed by atoms with Crippen LogP contribution in [0.25, 0.3) is 10.2 Å². The van der Waals surface area contributed by atoms with Gasteiger partial charge in [-0.15, -0.1) is 15.7 Å². The number of hydrogen-bond acceptors (Lipinski definition) is 8. The molecule has 0 N–H and O–H groups in total. The van der Waals surface area contributed by atoms with Gasteiger partial charge >= 0.3 is 11.9 Å². The molecule has 0 aliphatic heterocycles. The maximum absolute atomic E-state index is 12.7. The third-order valence-corrected chi connectivity index (χ3v) is 7.82. The number of thiazole rings is 1. The average molecular weight is 475 g/mol. The molecule has 3 aromatic rings. The predicted octanol–water partition coefficient (Wildman–Crippen LogP) is 3.06. The Labute approximate surface area is 179 Å². The topological polar surface area (TPSA) is 104 Å². The summed E-state index contributed by atoms with van der Waals surface area (Å²) in [5, 5.41) is 0. The minimum absolute atomic E-state index is 0.0158. The summed E-state index contributed by atoms with van der Waals surface area (Å²) in [5.41, 5.74) is 0.831. The normalized spacial score (nSPS) is 12.3. The van der Waals surface area contributed by atoms with Crippen molar-refractivity contribution in [3.05, 3.63) is 45.0 Å². The number of aromatic nitrogens is 1. The van der Waals surface area contributed by atoms with Gasteiger partial charge in [-0.2, -0.15) is 8.42 Å². The predicted molar refractivity (Wildman–Crippen MR) is 110 cm³/mol. The number of thiophene rings is 1. The number of carbonyl (C=O) groups is 2. The zero-order chi connectivity index (χ0) is 21.2. The quantitative estimate of drug-likeness (QED) is 0.508. The average Bonchev–Trinajstić information content (AvgIpc) is 3.25. The lowest BCUT2D eigenvalue weighted by molar-refractivity contribution is -0.143. The monoisotopic (exact) mass is 474 g/mol.